The second-order valence-electron chi connectivity index (χ2n) is 9.79. The lowest BCUT2D eigenvalue weighted by atomic mass is 9.81. The van der Waals surface area contributed by atoms with Gasteiger partial charge in [-0.2, -0.15) is 0 Å². The molecule has 6 nitrogen and oxygen atoms in total. The summed E-state index contributed by atoms with van der Waals surface area (Å²) in [6, 6.07) is 11.3. The Balaban J connectivity index is 1.26. The van der Waals surface area contributed by atoms with Crippen LogP contribution in [0.15, 0.2) is 55.0 Å². The number of unbranched alkanes of at least 4 members (excludes halogenated alkanes) is 2. The Morgan fingerprint density at radius 1 is 1.17 bits per heavy atom. The topological polar surface area (TPSA) is 75.5 Å². The fourth-order valence-corrected chi connectivity index (χ4v) is 5.35. The number of benzene rings is 1. The summed E-state index contributed by atoms with van der Waals surface area (Å²) in [5.74, 6) is -0.556. The van der Waals surface area contributed by atoms with Crippen LogP contribution in [0.25, 0.3) is 10.9 Å². The molecule has 1 aliphatic rings. The van der Waals surface area contributed by atoms with E-state index in [4.69, 9.17) is 4.74 Å². The average Bonchev–Trinajstić information content (AvgIpc) is 2.91. The molecular weight excluding hydrogens is 457 g/mol. The van der Waals surface area contributed by atoms with E-state index >= 15 is 4.39 Å². The Hall–Kier alpha value is -3.06. The highest BCUT2D eigenvalue weighted by molar-refractivity contribution is 5.83. The number of likely N-dealkylation sites (tertiary alicyclic amines) is 1. The maximum absolute atomic E-state index is 15.4. The number of aryl methyl sites for hydroxylation is 1. The summed E-state index contributed by atoms with van der Waals surface area (Å²) in [4.78, 5) is 22.7. The summed E-state index contributed by atoms with van der Waals surface area (Å²) in [5, 5.41) is 10.6. The van der Waals surface area contributed by atoms with Crippen molar-refractivity contribution in [3.63, 3.8) is 0 Å². The summed E-state index contributed by atoms with van der Waals surface area (Å²) >= 11 is 0. The van der Waals surface area contributed by atoms with E-state index in [0.717, 1.165) is 56.1 Å². The fraction of sp³-hybridized carbons (Fsp3) is 0.483. The van der Waals surface area contributed by atoms with E-state index in [9.17, 15) is 9.90 Å². The molecular formula is C29H36FN3O3. The summed E-state index contributed by atoms with van der Waals surface area (Å²) in [5.41, 5.74) is 2.63. The molecule has 0 bridgehead atoms. The number of aliphatic carboxylic acids is 1. The lowest BCUT2D eigenvalue weighted by molar-refractivity contribution is -0.146. The molecule has 4 rings (SSSR count). The zero-order valence-corrected chi connectivity index (χ0v) is 21.0. The van der Waals surface area contributed by atoms with Crippen molar-refractivity contribution in [1.29, 1.82) is 0 Å². The fourth-order valence-electron chi connectivity index (χ4n) is 5.35. The molecule has 3 atom stereocenters. The molecule has 1 fully saturated rings. The number of fused-ring (bicyclic) bond motifs is 1. The number of methoxy groups -OCH3 is 1. The largest absolute Gasteiger partial charge is 0.497 e. The minimum absolute atomic E-state index is 0.00803. The predicted octanol–water partition coefficient (Wildman–Crippen LogP) is 5.86. The van der Waals surface area contributed by atoms with E-state index < -0.39 is 18.1 Å². The van der Waals surface area contributed by atoms with Gasteiger partial charge >= 0.3 is 5.97 Å². The summed E-state index contributed by atoms with van der Waals surface area (Å²) in [7, 11) is 1.59. The van der Waals surface area contributed by atoms with Gasteiger partial charge < -0.3 is 14.7 Å². The highest BCUT2D eigenvalue weighted by atomic mass is 19.1. The number of rotatable bonds is 12. The minimum Gasteiger partial charge on any atom is -0.497 e. The Kier molecular flexibility index (Phi) is 9.23. The van der Waals surface area contributed by atoms with Gasteiger partial charge in [-0.1, -0.05) is 6.42 Å². The number of hydrogen-bond donors (Lipinski definition) is 1. The number of halogens is 1. The molecule has 36 heavy (non-hydrogen) atoms. The van der Waals surface area contributed by atoms with Gasteiger partial charge in [0.15, 0.2) is 0 Å². The van der Waals surface area contributed by atoms with Gasteiger partial charge in [-0.25, -0.2) is 4.39 Å². The van der Waals surface area contributed by atoms with Gasteiger partial charge in [0, 0.05) is 30.5 Å². The van der Waals surface area contributed by atoms with Crippen LogP contribution in [0, 0.1) is 11.8 Å². The number of pyridine rings is 2. The van der Waals surface area contributed by atoms with Crippen LogP contribution in [-0.4, -0.2) is 52.7 Å². The number of carbonyl (C=O) groups is 1. The molecule has 7 heteroatoms. The van der Waals surface area contributed by atoms with Crippen LogP contribution in [0.3, 0.4) is 0 Å². The summed E-state index contributed by atoms with van der Waals surface area (Å²) in [6.45, 7) is 2.35. The molecule has 0 saturated carbocycles. The Morgan fingerprint density at radius 3 is 2.78 bits per heavy atom. The smallest absolute Gasteiger partial charge is 0.308 e. The molecule has 3 aromatic rings. The SMILES string of the molecule is COc1ccc2nccc([C@H](F)CC[C@@H]3CCN(CCCCCc4ccncc4)C[C@@H]3C(=O)O)c2c1. The van der Waals surface area contributed by atoms with E-state index in [2.05, 4.69) is 27.0 Å². The number of alkyl halides is 1. The van der Waals surface area contributed by atoms with Crippen molar-refractivity contribution in [2.75, 3.05) is 26.7 Å². The first-order valence-electron chi connectivity index (χ1n) is 13.0. The van der Waals surface area contributed by atoms with E-state index in [0.29, 0.717) is 30.7 Å². The van der Waals surface area contributed by atoms with Crippen molar-refractivity contribution < 1.29 is 19.0 Å². The van der Waals surface area contributed by atoms with Crippen molar-refractivity contribution >= 4 is 16.9 Å². The van der Waals surface area contributed by atoms with E-state index in [1.807, 2.05) is 30.6 Å². The van der Waals surface area contributed by atoms with Gasteiger partial charge in [0.25, 0.3) is 0 Å². The molecule has 1 aliphatic heterocycles. The van der Waals surface area contributed by atoms with Crippen LogP contribution in [-0.2, 0) is 11.2 Å². The van der Waals surface area contributed by atoms with Crippen molar-refractivity contribution in [2.24, 2.45) is 11.8 Å². The maximum Gasteiger partial charge on any atom is 0.308 e. The number of nitrogens with zero attached hydrogens (tertiary/aromatic N) is 3. The van der Waals surface area contributed by atoms with Crippen molar-refractivity contribution in [3.05, 3.63) is 66.1 Å². The Morgan fingerprint density at radius 2 is 2.00 bits per heavy atom. The molecule has 1 aromatic carbocycles. The molecule has 192 valence electrons. The summed E-state index contributed by atoms with van der Waals surface area (Å²) < 4.78 is 20.7. The van der Waals surface area contributed by atoms with Crippen LogP contribution in [0.5, 0.6) is 5.75 Å². The van der Waals surface area contributed by atoms with Gasteiger partial charge in [0.2, 0.25) is 0 Å². The second kappa shape index (κ2) is 12.8. The number of hydrogen-bond acceptors (Lipinski definition) is 5. The van der Waals surface area contributed by atoms with Crippen molar-refractivity contribution in [3.8, 4) is 5.75 Å². The molecule has 1 saturated heterocycles. The third kappa shape index (κ3) is 6.78. The summed E-state index contributed by atoms with van der Waals surface area (Å²) in [6.07, 6.45) is 10.1. The standard InChI is InChI=1S/C29H36FN3O3/c1-36-23-7-9-28-25(19-23)24(12-16-32-28)27(30)8-6-22-13-18-33(20-26(22)29(34)35)17-4-2-3-5-21-10-14-31-15-11-21/h7,9-12,14-16,19,22,26-27H,2-6,8,13,17-18,20H2,1H3,(H,34,35)/t22-,26+,27-/m1/s1. The predicted molar refractivity (Wildman–Crippen MR) is 139 cm³/mol. The first-order chi connectivity index (χ1) is 17.5. The van der Waals surface area contributed by atoms with E-state index in [-0.39, 0.29) is 5.92 Å². The molecule has 1 N–H and O–H groups in total. The number of ether oxygens (including phenoxy) is 1. The van der Waals surface area contributed by atoms with Crippen LogP contribution < -0.4 is 4.74 Å². The quantitative estimate of drug-likeness (QED) is 0.318. The zero-order chi connectivity index (χ0) is 25.3. The first kappa shape index (κ1) is 26.0. The Labute approximate surface area is 212 Å². The first-order valence-corrected chi connectivity index (χ1v) is 13.0. The van der Waals surface area contributed by atoms with Gasteiger partial charge in [-0.15, -0.1) is 0 Å². The van der Waals surface area contributed by atoms with Gasteiger partial charge in [0.1, 0.15) is 11.9 Å². The maximum atomic E-state index is 15.4. The molecule has 0 radical (unpaired) electrons. The third-order valence-corrected chi connectivity index (χ3v) is 7.46. The third-order valence-electron chi connectivity index (χ3n) is 7.46. The van der Waals surface area contributed by atoms with Gasteiger partial charge in [-0.05, 0) is 105 Å². The lowest BCUT2D eigenvalue weighted by Gasteiger charge is -2.37. The number of aromatic nitrogens is 2. The number of carboxylic acids is 1. The van der Waals surface area contributed by atoms with Crippen LogP contribution >= 0.6 is 0 Å². The van der Waals surface area contributed by atoms with Crippen molar-refractivity contribution in [2.45, 2.75) is 51.1 Å². The molecule has 0 spiro atoms. The normalized spacial score (nSPS) is 19.3. The van der Waals surface area contributed by atoms with Crippen molar-refractivity contribution in [1.82, 2.24) is 14.9 Å². The molecule has 0 amide bonds. The highest BCUT2D eigenvalue weighted by Gasteiger charge is 2.34. The highest BCUT2D eigenvalue weighted by Crippen LogP contribution is 2.35. The van der Waals surface area contributed by atoms with Crippen LogP contribution in [0.4, 0.5) is 4.39 Å². The molecule has 3 heterocycles. The zero-order valence-electron chi connectivity index (χ0n) is 21.0. The lowest BCUT2D eigenvalue weighted by Crippen LogP contribution is -2.44. The van der Waals surface area contributed by atoms with Gasteiger partial charge in [0.05, 0.1) is 18.5 Å². The van der Waals surface area contributed by atoms with E-state index in [1.54, 1.807) is 19.4 Å². The molecule has 0 aliphatic carbocycles. The molecule has 0 unspecified atom stereocenters. The van der Waals surface area contributed by atoms with Gasteiger partial charge in [-0.3, -0.25) is 14.8 Å². The Bertz CT molecular complexity index is 1130. The van der Waals surface area contributed by atoms with Crippen LogP contribution in [0.2, 0.25) is 0 Å². The monoisotopic (exact) mass is 493 g/mol. The second-order valence-corrected chi connectivity index (χ2v) is 9.79. The number of piperidine rings is 1. The molecule has 2 aromatic heterocycles. The number of carboxylic acid groups (broad SMARTS) is 1. The average molecular weight is 494 g/mol. The van der Waals surface area contributed by atoms with Crippen LogP contribution in [0.1, 0.15) is 55.8 Å². The minimum atomic E-state index is -1.17. The van der Waals surface area contributed by atoms with E-state index in [1.165, 1.54) is 5.56 Å².